The zero-order chi connectivity index (χ0) is 9.97. The van der Waals surface area contributed by atoms with Crippen LogP contribution in [-0.2, 0) is 4.74 Å². The molecular formula is C12H14O2. The molecule has 0 heterocycles. The van der Waals surface area contributed by atoms with Crippen molar-refractivity contribution in [2.75, 3.05) is 0 Å². The molecule has 1 aromatic carbocycles. The average molecular weight is 190 g/mol. The van der Waals surface area contributed by atoms with Crippen molar-refractivity contribution in [3.8, 4) is 0 Å². The van der Waals surface area contributed by atoms with Crippen LogP contribution in [0.5, 0.6) is 0 Å². The van der Waals surface area contributed by atoms with Crippen molar-refractivity contribution in [2.24, 2.45) is 5.92 Å². The zero-order valence-corrected chi connectivity index (χ0v) is 8.27. The highest BCUT2D eigenvalue weighted by molar-refractivity contribution is 5.89. The van der Waals surface area contributed by atoms with E-state index >= 15 is 0 Å². The summed E-state index contributed by atoms with van der Waals surface area (Å²) in [4.78, 5) is 11.6. The van der Waals surface area contributed by atoms with Gasteiger partial charge in [0.2, 0.25) is 0 Å². The lowest BCUT2D eigenvalue weighted by molar-refractivity contribution is 0.0295. The minimum atomic E-state index is -0.204. The number of esters is 1. The first kappa shape index (κ1) is 9.25. The van der Waals surface area contributed by atoms with Gasteiger partial charge >= 0.3 is 5.97 Å². The molecule has 1 aliphatic rings. The van der Waals surface area contributed by atoms with Crippen LogP contribution in [0.25, 0.3) is 0 Å². The van der Waals surface area contributed by atoms with Gasteiger partial charge in [-0.25, -0.2) is 4.79 Å². The molecular weight excluding hydrogens is 176 g/mol. The predicted molar refractivity (Wildman–Crippen MR) is 54.0 cm³/mol. The average Bonchev–Trinajstić information content (AvgIpc) is 3.02. The van der Waals surface area contributed by atoms with Crippen LogP contribution in [0.1, 0.15) is 30.1 Å². The number of hydrogen-bond donors (Lipinski definition) is 0. The highest BCUT2D eigenvalue weighted by atomic mass is 16.5. The first-order chi connectivity index (χ1) is 6.77. The van der Waals surface area contributed by atoms with Crippen molar-refractivity contribution >= 4 is 5.97 Å². The van der Waals surface area contributed by atoms with Crippen LogP contribution >= 0.6 is 0 Å². The fourth-order valence-electron chi connectivity index (χ4n) is 1.47. The topological polar surface area (TPSA) is 26.3 Å². The van der Waals surface area contributed by atoms with Crippen molar-refractivity contribution in [3.05, 3.63) is 35.9 Å². The van der Waals surface area contributed by atoms with E-state index in [0.29, 0.717) is 11.5 Å². The Labute approximate surface area is 83.9 Å². The number of ether oxygens (including phenoxy) is 1. The van der Waals surface area contributed by atoms with Crippen molar-refractivity contribution in [2.45, 2.75) is 25.9 Å². The van der Waals surface area contributed by atoms with Crippen LogP contribution in [0.3, 0.4) is 0 Å². The normalized spacial score (nSPS) is 17.5. The fraction of sp³-hybridized carbons (Fsp3) is 0.417. The minimum Gasteiger partial charge on any atom is -0.459 e. The summed E-state index contributed by atoms with van der Waals surface area (Å²) in [5.41, 5.74) is 0.639. The molecule has 2 rings (SSSR count). The monoisotopic (exact) mass is 190 g/mol. The SMILES string of the molecule is C[C@@H](OC(=O)c1ccccc1)C1CC1. The summed E-state index contributed by atoms with van der Waals surface area (Å²) in [6.07, 6.45) is 2.47. The molecule has 0 amide bonds. The van der Waals surface area contributed by atoms with Crippen molar-refractivity contribution in [3.63, 3.8) is 0 Å². The molecule has 2 heteroatoms. The van der Waals surface area contributed by atoms with Gasteiger partial charge in [-0.1, -0.05) is 18.2 Å². The van der Waals surface area contributed by atoms with Crippen LogP contribution in [0.4, 0.5) is 0 Å². The number of rotatable bonds is 3. The van der Waals surface area contributed by atoms with Gasteiger partial charge in [0.1, 0.15) is 6.10 Å². The van der Waals surface area contributed by atoms with Crippen molar-refractivity contribution in [1.82, 2.24) is 0 Å². The van der Waals surface area contributed by atoms with Crippen LogP contribution in [0.15, 0.2) is 30.3 Å². The van der Waals surface area contributed by atoms with Gasteiger partial charge in [-0.2, -0.15) is 0 Å². The second-order valence-corrected chi connectivity index (χ2v) is 3.81. The maximum absolute atomic E-state index is 11.6. The lowest BCUT2D eigenvalue weighted by atomic mass is 10.2. The Morgan fingerprint density at radius 1 is 1.36 bits per heavy atom. The largest absolute Gasteiger partial charge is 0.459 e. The van der Waals surface area contributed by atoms with Gasteiger partial charge in [0, 0.05) is 0 Å². The summed E-state index contributed by atoms with van der Waals surface area (Å²) >= 11 is 0. The molecule has 1 aliphatic carbocycles. The van der Waals surface area contributed by atoms with Crippen LogP contribution < -0.4 is 0 Å². The highest BCUT2D eigenvalue weighted by Gasteiger charge is 2.30. The van der Waals surface area contributed by atoms with E-state index in [1.54, 1.807) is 12.1 Å². The van der Waals surface area contributed by atoms with Gasteiger partial charge in [-0.15, -0.1) is 0 Å². The quantitative estimate of drug-likeness (QED) is 0.685. The molecule has 74 valence electrons. The van der Waals surface area contributed by atoms with Gasteiger partial charge in [0.05, 0.1) is 5.56 Å². The molecule has 0 aromatic heterocycles. The summed E-state index contributed by atoms with van der Waals surface area (Å²) in [6.45, 7) is 1.97. The number of hydrogen-bond acceptors (Lipinski definition) is 2. The Kier molecular flexibility index (Phi) is 2.53. The first-order valence-corrected chi connectivity index (χ1v) is 5.03. The van der Waals surface area contributed by atoms with Crippen LogP contribution in [0, 0.1) is 5.92 Å². The zero-order valence-electron chi connectivity index (χ0n) is 8.27. The van der Waals surface area contributed by atoms with Gasteiger partial charge in [0.15, 0.2) is 0 Å². The Bertz CT molecular complexity index is 314. The second kappa shape index (κ2) is 3.82. The molecule has 0 unspecified atom stereocenters. The van der Waals surface area contributed by atoms with Gasteiger partial charge < -0.3 is 4.74 Å². The van der Waals surface area contributed by atoms with E-state index in [9.17, 15) is 4.79 Å². The molecule has 1 atom stereocenters. The molecule has 1 saturated carbocycles. The van der Waals surface area contributed by atoms with E-state index in [0.717, 1.165) is 0 Å². The molecule has 0 N–H and O–H groups in total. The Hall–Kier alpha value is -1.31. The Balaban J connectivity index is 1.95. The third-order valence-electron chi connectivity index (χ3n) is 2.59. The van der Waals surface area contributed by atoms with E-state index in [1.165, 1.54) is 12.8 Å². The second-order valence-electron chi connectivity index (χ2n) is 3.81. The van der Waals surface area contributed by atoms with Gasteiger partial charge in [-0.3, -0.25) is 0 Å². The molecule has 2 nitrogen and oxygen atoms in total. The third-order valence-corrected chi connectivity index (χ3v) is 2.59. The van der Waals surface area contributed by atoms with E-state index in [4.69, 9.17) is 4.74 Å². The van der Waals surface area contributed by atoms with Gasteiger partial charge in [-0.05, 0) is 37.8 Å². The third kappa shape index (κ3) is 2.13. The van der Waals surface area contributed by atoms with E-state index < -0.39 is 0 Å². The van der Waals surface area contributed by atoms with E-state index in [1.807, 2.05) is 25.1 Å². The van der Waals surface area contributed by atoms with E-state index in [2.05, 4.69) is 0 Å². The predicted octanol–water partition coefficient (Wildman–Crippen LogP) is 2.64. The summed E-state index contributed by atoms with van der Waals surface area (Å²) in [5.74, 6) is 0.396. The standard InChI is InChI=1S/C12H14O2/c1-9(10-7-8-10)14-12(13)11-5-3-2-4-6-11/h2-6,9-10H,7-8H2,1H3/t9-/m1/s1. The number of benzene rings is 1. The molecule has 1 fully saturated rings. The summed E-state index contributed by atoms with van der Waals surface area (Å²) in [7, 11) is 0. The summed E-state index contributed by atoms with van der Waals surface area (Å²) in [5, 5.41) is 0. The molecule has 0 spiro atoms. The summed E-state index contributed by atoms with van der Waals surface area (Å²) < 4.78 is 5.32. The Morgan fingerprint density at radius 2 is 2.00 bits per heavy atom. The molecule has 14 heavy (non-hydrogen) atoms. The number of carbonyl (C=O) groups is 1. The fourth-order valence-corrected chi connectivity index (χ4v) is 1.47. The molecule has 0 aliphatic heterocycles. The minimum absolute atomic E-state index is 0.0720. The van der Waals surface area contributed by atoms with Crippen molar-refractivity contribution in [1.29, 1.82) is 0 Å². The molecule has 1 aromatic rings. The van der Waals surface area contributed by atoms with Crippen LogP contribution in [-0.4, -0.2) is 12.1 Å². The summed E-state index contributed by atoms with van der Waals surface area (Å²) in [6, 6.07) is 9.14. The molecule has 0 bridgehead atoms. The van der Waals surface area contributed by atoms with Crippen molar-refractivity contribution < 1.29 is 9.53 Å². The Morgan fingerprint density at radius 3 is 2.57 bits per heavy atom. The highest BCUT2D eigenvalue weighted by Crippen LogP contribution is 2.34. The van der Waals surface area contributed by atoms with Gasteiger partial charge in [0.25, 0.3) is 0 Å². The van der Waals surface area contributed by atoms with Crippen LogP contribution in [0.2, 0.25) is 0 Å². The first-order valence-electron chi connectivity index (χ1n) is 5.03. The lowest BCUT2D eigenvalue weighted by Gasteiger charge is -2.11. The molecule has 0 saturated heterocycles. The number of carbonyl (C=O) groups excluding carboxylic acids is 1. The maximum Gasteiger partial charge on any atom is 0.338 e. The molecule has 0 radical (unpaired) electrons. The lowest BCUT2D eigenvalue weighted by Crippen LogP contribution is -2.16. The van der Waals surface area contributed by atoms with E-state index in [-0.39, 0.29) is 12.1 Å². The maximum atomic E-state index is 11.6. The smallest absolute Gasteiger partial charge is 0.338 e.